The lowest BCUT2D eigenvalue weighted by Gasteiger charge is -2.10. The first-order chi connectivity index (χ1) is 9.60. The van der Waals surface area contributed by atoms with Gasteiger partial charge in [0.25, 0.3) is 0 Å². The second-order valence-electron chi connectivity index (χ2n) is 4.18. The highest BCUT2D eigenvalue weighted by atomic mass is 35.5. The van der Waals surface area contributed by atoms with Crippen molar-refractivity contribution < 1.29 is 4.74 Å². The van der Waals surface area contributed by atoms with Crippen molar-refractivity contribution in [3.05, 3.63) is 45.8 Å². The van der Waals surface area contributed by atoms with Gasteiger partial charge in [0.1, 0.15) is 23.2 Å². The summed E-state index contributed by atoms with van der Waals surface area (Å²) in [7, 11) is 0. The van der Waals surface area contributed by atoms with Crippen molar-refractivity contribution in [2.75, 3.05) is 11.9 Å². The van der Waals surface area contributed by atoms with Gasteiger partial charge in [-0.25, -0.2) is 9.97 Å². The first kappa shape index (κ1) is 14.9. The summed E-state index contributed by atoms with van der Waals surface area (Å²) in [6.07, 6.45) is 0. The van der Waals surface area contributed by atoms with E-state index in [2.05, 4.69) is 15.3 Å². The molecule has 0 aliphatic rings. The van der Waals surface area contributed by atoms with Crippen molar-refractivity contribution in [1.82, 2.24) is 9.97 Å². The fraction of sp³-hybridized carbons (Fsp3) is 0.286. The molecule has 0 aliphatic carbocycles. The first-order valence-corrected chi connectivity index (χ1v) is 7.01. The Morgan fingerprint density at radius 2 is 2.05 bits per heavy atom. The Bertz CT molecular complexity index is 605. The molecule has 0 fully saturated rings. The van der Waals surface area contributed by atoms with Crippen LogP contribution in [0.2, 0.25) is 10.0 Å². The number of nitrogens with one attached hydrogen (secondary N) is 1. The molecule has 2 rings (SSSR count). The molecule has 2 aromatic rings. The van der Waals surface area contributed by atoms with Crippen LogP contribution in [-0.2, 0) is 6.61 Å². The van der Waals surface area contributed by atoms with Crippen LogP contribution in [0.5, 0.6) is 5.75 Å². The van der Waals surface area contributed by atoms with Gasteiger partial charge in [-0.15, -0.1) is 0 Å². The molecule has 1 aromatic carbocycles. The van der Waals surface area contributed by atoms with Crippen molar-refractivity contribution in [2.24, 2.45) is 0 Å². The summed E-state index contributed by atoms with van der Waals surface area (Å²) in [5, 5.41) is 4.01. The van der Waals surface area contributed by atoms with E-state index >= 15 is 0 Å². The Morgan fingerprint density at radius 1 is 1.25 bits per heavy atom. The van der Waals surface area contributed by atoms with Gasteiger partial charge >= 0.3 is 0 Å². The van der Waals surface area contributed by atoms with Crippen LogP contribution in [0.25, 0.3) is 0 Å². The molecule has 4 nitrogen and oxygen atoms in total. The summed E-state index contributed by atoms with van der Waals surface area (Å²) in [6.45, 7) is 4.97. The molecule has 0 bridgehead atoms. The lowest BCUT2D eigenvalue weighted by atomic mass is 10.3. The second kappa shape index (κ2) is 6.77. The Morgan fingerprint density at radius 3 is 2.80 bits per heavy atom. The van der Waals surface area contributed by atoms with E-state index in [-0.39, 0.29) is 6.61 Å². The lowest BCUT2D eigenvalue weighted by Crippen LogP contribution is -2.07. The van der Waals surface area contributed by atoms with Gasteiger partial charge < -0.3 is 10.1 Å². The van der Waals surface area contributed by atoms with E-state index in [0.717, 1.165) is 18.1 Å². The van der Waals surface area contributed by atoms with Gasteiger partial charge in [0.15, 0.2) is 5.82 Å². The largest absolute Gasteiger partial charge is 0.484 e. The van der Waals surface area contributed by atoms with Gasteiger partial charge in [-0.3, -0.25) is 0 Å². The van der Waals surface area contributed by atoms with E-state index in [9.17, 15) is 0 Å². The molecule has 6 heteroatoms. The number of benzene rings is 1. The standard InChI is InChI=1S/C14H15Cl2N3O/c1-3-17-12-7-9(2)18-13(19-12)8-20-11-6-4-5-10(15)14(11)16/h4-7H,3,8H2,1-2H3,(H,17,18,19). The maximum absolute atomic E-state index is 6.06. The van der Waals surface area contributed by atoms with E-state index in [1.165, 1.54) is 0 Å². The van der Waals surface area contributed by atoms with Crippen molar-refractivity contribution in [2.45, 2.75) is 20.5 Å². The summed E-state index contributed by atoms with van der Waals surface area (Å²) < 4.78 is 5.62. The Hall–Kier alpha value is -1.52. The van der Waals surface area contributed by atoms with E-state index in [1.54, 1.807) is 18.2 Å². The highest BCUT2D eigenvalue weighted by molar-refractivity contribution is 6.42. The Kier molecular flexibility index (Phi) is 5.04. The smallest absolute Gasteiger partial charge is 0.168 e. The SMILES string of the molecule is CCNc1cc(C)nc(COc2cccc(Cl)c2Cl)n1. The minimum Gasteiger partial charge on any atom is -0.484 e. The number of ether oxygens (including phenoxy) is 1. The monoisotopic (exact) mass is 311 g/mol. The van der Waals surface area contributed by atoms with Crippen LogP contribution in [-0.4, -0.2) is 16.5 Å². The molecule has 0 saturated carbocycles. The molecule has 0 atom stereocenters. The topological polar surface area (TPSA) is 47.0 Å². The number of nitrogens with zero attached hydrogens (tertiary/aromatic N) is 2. The zero-order valence-electron chi connectivity index (χ0n) is 11.3. The zero-order valence-corrected chi connectivity index (χ0v) is 12.8. The minimum absolute atomic E-state index is 0.236. The maximum atomic E-state index is 6.06. The summed E-state index contributed by atoms with van der Waals surface area (Å²) in [6, 6.07) is 7.14. The van der Waals surface area contributed by atoms with Gasteiger partial charge in [0.05, 0.1) is 5.02 Å². The molecule has 1 heterocycles. The second-order valence-corrected chi connectivity index (χ2v) is 4.97. The van der Waals surface area contributed by atoms with Crippen LogP contribution in [0, 0.1) is 6.92 Å². The molecule has 0 saturated heterocycles. The Labute approximate surface area is 128 Å². The van der Waals surface area contributed by atoms with E-state index < -0.39 is 0 Å². The van der Waals surface area contributed by atoms with Crippen LogP contribution in [0.15, 0.2) is 24.3 Å². The molecule has 1 N–H and O–H groups in total. The fourth-order valence-electron chi connectivity index (χ4n) is 1.70. The van der Waals surface area contributed by atoms with Crippen LogP contribution in [0.1, 0.15) is 18.4 Å². The molecule has 0 amide bonds. The van der Waals surface area contributed by atoms with Crippen LogP contribution >= 0.6 is 23.2 Å². The molecule has 106 valence electrons. The quantitative estimate of drug-likeness (QED) is 0.903. The van der Waals surface area contributed by atoms with E-state index in [4.69, 9.17) is 27.9 Å². The van der Waals surface area contributed by atoms with Gasteiger partial charge in [-0.1, -0.05) is 29.3 Å². The summed E-state index contributed by atoms with van der Waals surface area (Å²) >= 11 is 12.0. The van der Waals surface area contributed by atoms with E-state index in [1.807, 2.05) is 19.9 Å². The molecule has 1 aromatic heterocycles. The number of hydrogen-bond donors (Lipinski definition) is 1. The first-order valence-electron chi connectivity index (χ1n) is 6.25. The van der Waals surface area contributed by atoms with Gasteiger partial charge in [0, 0.05) is 18.3 Å². The van der Waals surface area contributed by atoms with Crippen molar-refractivity contribution in [1.29, 1.82) is 0 Å². The average molecular weight is 312 g/mol. The molecule has 0 radical (unpaired) electrons. The molecular formula is C14H15Cl2N3O. The highest BCUT2D eigenvalue weighted by Gasteiger charge is 2.07. The summed E-state index contributed by atoms with van der Waals surface area (Å²) in [4.78, 5) is 8.70. The fourth-order valence-corrected chi connectivity index (χ4v) is 2.05. The number of rotatable bonds is 5. The molecule has 20 heavy (non-hydrogen) atoms. The van der Waals surface area contributed by atoms with Gasteiger partial charge in [-0.05, 0) is 26.0 Å². The third kappa shape index (κ3) is 3.74. The van der Waals surface area contributed by atoms with Gasteiger partial charge in [-0.2, -0.15) is 0 Å². The highest BCUT2D eigenvalue weighted by Crippen LogP contribution is 2.31. The van der Waals surface area contributed by atoms with Crippen LogP contribution < -0.4 is 10.1 Å². The van der Waals surface area contributed by atoms with Crippen molar-refractivity contribution >= 4 is 29.0 Å². The predicted molar refractivity (Wildman–Crippen MR) is 81.7 cm³/mol. The predicted octanol–water partition coefficient (Wildman–Crippen LogP) is 4.10. The number of aryl methyl sites for hydroxylation is 1. The summed E-state index contributed by atoms with van der Waals surface area (Å²) in [5.41, 5.74) is 0.881. The third-order valence-electron chi connectivity index (χ3n) is 2.53. The summed E-state index contributed by atoms with van der Waals surface area (Å²) in [5.74, 6) is 1.90. The number of aromatic nitrogens is 2. The van der Waals surface area contributed by atoms with E-state index in [0.29, 0.717) is 21.6 Å². The normalized spacial score (nSPS) is 10.4. The minimum atomic E-state index is 0.236. The molecular weight excluding hydrogens is 297 g/mol. The number of hydrogen-bond acceptors (Lipinski definition) is 4. The number of anilines is 1. The number of halogens is 2. The maximum Gasteiger partial charge on any atom is 0.168 e. The molecule has 0 aliphatic heterocycles. The average Bonchev–Trinajstić information content (AvgIpc) is 2.40. The molecule has 0 spiro atoms. The molecule has 0 unspecified atom stereocenters. The lowest BCUT2D eigenvalue weighted by molar-refractivity contribution is 0.296. The third-order valence-corrected chi connectivity index (χ3v) is 3.33. The van der Waals surface area contributed by atoms with Gasteiger partial charge in [0.2, 0.25) is 0 Å². The Balaban J connectivity index is 2.12. The zero-order chi connectivity index (χ0) is 14.5. The van der Waals surface area contributed by atoms with Crippen molar-refractivity contribution in [3.63, 3.8) is 0 Å². The van der Waals surface area contributed by atoms with Crippen LogP contribution in [0.4, 0.5) is 5.82 Å². The van der Waals surface area contributed by atoms with Crippen LogP contribution in [0.3, 0.4) is 0 Å². The van der Waals surface area contributed by atoms with Crippen molar-refractivity contribution in [3.8, 4) is 5.75 Å².